The van der Waals surface area contributed by atoms with E-state index < -0.39 is 17.2 Å². The highest BCUT2D eigenvalue weighted by Gasteiger charge is 2.14. The molecule has 0 fully saturated rings. The molecule has 2 rings (SSSR count). The molecule has 0 saturated carbocycles. The number of nitrogen functional groups attached to an aromatic ring is 1. The second-order valence-corrected chi connectivity index (χ2v) is 3.47. The van der Waals surface area contributed by atoms with Crippen molar-refractivity contribution >= 4 is 5.91 Å². The molecule has 0 aromatic carbocycles. The summed E-state index contributed by atoms with van der Waals surface area (Å²) in [6.07, 6.45) is 2.63. The van der Waals surface area contributed by atoms with Gasteiger partial charge in [-0.1, -0.05) is 0 Å². The molecular weight excluding hydrogens is 240 g/mol. The Morgan fingerprint density at radius 3 is 2.89 bits per heavy atom. The molecule has 0 radical (unpaired) electrons. The Hall–Kier alpha value is -2.61. The van der Waals surface area contributed by atoms with Crippen molar-refractivity contribution in [3.63, 3.8) is 0 Å². The molecule has 1 amide bonds. The molecule has 2 aromatic heterocycles. The van der Waals surface area contributed by atoms with Crippen molar-refractivity contribution in [1.29, 1.82) is 0 Å². The standard InChI is InChI=1S/C10H10N4O4/c11-13-9(16)6-2-4-18-7(6)5-14-3-1-8(15)12-10(14)17/h1-4H,5,11H2,(H,13,16)(H,12,15,17). The monoisotopic (exact) mass is 250 g/mol. The van der Waals surface area contributed by atoms with Crippen LogP contribution >= 0.6 is 0 Å². The van der Waals surface area contributed by atoms with Gasteiger partial charge in [0.15, 0.2) is 0 Å². The van der Waals surface area contributed by atoms with Crippen LogP contribution in [-0.4, -0.2) is 15.5 Å². The average molecular weight is 250 g/mol. The molecule has 4 N–H and O–H groups in total. The second kappa shape index (κ2) is 4.72. The van der Waals surface area contributed by atoms with E-state index in [0.717, 1.165) is 0 Å². The first-order chi connectivity index (χ1) is 8.61. The third-order valence-electron chi connectivity index (χ3n) is 2.33. The van der Waals surface area contributed by atoms with Crippen molar-refractivity contribution in [3.05, 3.63) is 56.8 Å². The van der Waals surface area contributed by atoms with Gasteiger partial charge < -0.3 is 4.42 Å². The number of carbonyl (C=O) groups is 1. The lowest BCUT2D eigenvalue weighted by Crippen LogP contribution is -2.32. The fraction of sp³-hybridized carbons (Fsp3) is 0.100. The van der Waals surface area contributed by atoms with Gasteiger partial charge in [-0.3, -0.25) is 24.6 Å². The van der Waals surface area contributed by atoms with E-state index >= 15 is 0 Å². The van der Waals surface area contributed by atoms with Gasteiger partial charge in [-0.15, -0.1) is 0 Å². The molecule has 0 aliphatic rings. The Labute approximate surface area is 100 Å². The van der Waals surface area contributed by atoms with Gasteiger partial charge in [0, 0.05) is 12.3 Å². The van der Waals surface area contributed by atoms with Crippen LogP contribution in [0, 0.1) is 0 Å². The molecule has 8 nitrogen and oxygen atoms in total. The summed E-state index contributed by atoms with van der Waals surface area (Å²) >= 11 is 0. The van der Waals surface area contributed by atoms with E-state index in [4.69, 9.17) is 10.3 Å². The first kappa shape index (κ1) is 11.9. The number of H-pyrrole nitrogens is 1. The number of nitrogens with one attached hydrogen (secondary N) is 2. The number of aromatic nitrogens is 2. The molecule has 0 unspecified atom stereocenters. The van der Waals surface area contributed by atoms with E-state index in [9.17, 15) is 14.4 Å². The molecule has 8 heteroatoms. The van der Waals surface area contributed by atoms with Crippen LogP contribution in [0.2, 0.25) is 0 Å². The zero-order valence-electron chi connectivity index (χ0n) is 9.17. The maximum absolute atomic E-state index is 11.5. The van der Waals surface area contributed by atoms with Crippen molar-refractivity contribution in [2.45, 2.75) is 6.54 Å². The predicted octanol–water partition coefficient (Wildman–Crippen LogP) is -1.22. The van der Waals surface area contributed by atoms with Crippen LogP contribution in [0.4, 0.5) is 0 Å². The molecule has 0 spiro atoms. The van der Waals surface area contributed by atoms with E-state index in [1.54, 1.807) is 0 Å². The molecule has 0 saturated heterocycles. The molecule has 0 atom stereocenters. The maximum atomic E-state index is 11.5. The summed E-state index contributed by atoms with van der Waals surface area (Å²) in [6.45, 7) is 0.0192. The minimum absolute atomic E-state index is 0.0192. The normalized spacial score (nSPS) is 10.3. The van der Waals surface area contributed by atoms with Crippen LogP contribution in [0.25, 0.3) is 0 Å². The van der Waals surface area contributed by atoms with Crippen molar-refractivity contribution in [2.24, 2.45) is 5.84 Å². The molecular formula is C10H10N4O4. The van der Waals surface area contributed by atoms with Crippen molar-refractivity contribution < 1.29 is 9.21 Å². The Bertz CT molecular complexity index is 681. The maximum Gasteiger partial charge on any atom is 0.328 e. The number of hydrazine groups is 1. The molecule has 94 valence electrons. The van der Waals surface area contributed by atoms with Crippen LogP contribution < -0.4 is 22.5 Å². The summed E-state index contributed by atoms with van der Waals surface area (Å²) in [4.78, 5) is 35.8. The molecule has 2 aromatic rings. The molecule has 0 aliphatic carbocycles. The lowest BCUT2D eigenvalue weighted by atomic mass is 10.2. The number of aromatic amines is 1. The number of nitrogens with zero attached hydrogens (tertiary/aromatic N) is 1. The third kappa shape index (κ3) is 2.23. The number of hydrogen-bond acceptors (Lipinski definition) is 5. The predicted molar refractivity (Wildman–Crippen MR) is 60.8 cm³/mol. The number of nitrogens with two attached hydrogens (primary N) is 1. The Morgan fingerprint density at radius 1 is 1.44 bits per heavy atom. The van der Waals surface area contributed by atoms with Gasteiger partial charge in [0.25, 0.3) is 11.5 Å². The minimum atomic E-state index is -0.585. The highest BCUT2D eigenvalue weighted by molar-refractivity contribution is 5.94. The zero-order valence-corrected chi connectivity index (χ0v) is 9.17. The van der Waals surface area contributed by atoms with E-state index in [-0.39, 0.29) is 17.9 Å². The van der Waals surface area contributed by atoms with Gasteiger partial charge in [-0.05, 0) is 6.07 Å². The van der Waals surface area contributed by atoms with E-state index in [1.807, 2.05) is 5.43 Å². The Balaban J connectivity index is 2.35. The van der Waals surface area contributed by atoms with Gasteiger partial charge >= 0.3 is 5.69 Å². The smallest absolute Gasteiger partial charge is 0.328 e. The fourth-order valence-electron chi connectivity index (χ4n) is 1.47. The SMILES string of the molecule is NNC(=O)c1ccoc1Cn1ccc(=O)[nH]c1=O. The van der Waals surface area contributed by atoms with Crippen molar-refractivity contribution in [1.82, 2.24) is 15.0 Å². The van der Waals surface area contributed by atoms with Crippen molar-refractivity contribution in [3.8, 4) is 0 Å². The van der Waals surface area contributed by atoms with Crippen LogP contribution in [0.15, 0.2) is 38.6 Å². The highest BCUT2D eigenvalue weighted by atomic mass is 16.3. The number of amides is 1. The van der Waals surface area contributed by atoms with Crippen LogP contribution in [0.1, 0.15) is 16.1 Å². The molecule has 2 heterocycles. The topological polar surface area (TPSA) is 123 Å². The molecule has 0 bridgehead atoms. The van der Waals surface area contributed by atoms with E-state index in [0.29, 0.717) is 0 Å². The minimum Gasteiger partial charge on any atom is -0.467 e. The Kier molecular flexibility index (Phi) is 3.11. The lowest BCUT2D eigenvalue weighted by molar-refractivity contribution is 0.0951. The lowest BCUT2D eigenvalue weighted by Gasteiger charge is -2.04. The number of carbonyl (C=O) groups excluding carboxylic acids is 1. The van der Waals surface area contributed by atoms with Crippen LogP contribution in [-0.2, 0) is 6.54 Å². The van der Waals surface area contributed by atoms with Gasteiger partial charge in [0.1, 0.15) is 5.76 Å². The number of furan rings is 1. The van der Waals surface area contributed by atoms with Gasteiger partial charge in [-0.25, -0.2) is 10.6 Å². The van der Waals surface area contributed by atoms with E-state index in [1.165, 1.54) is 29.2 Å². The van der Waals surface area contributed by atoms with Crippen molar-refractivity contribution in [2.75, 3.05) is 0 Å². The van der Waals surface area contributed by atoms with Gasteiger partial charge in [-0.2, -0.15) is 0 Å². The summed E-state index contributed by atoms with van der Waals surface area (Å²) in [7, 11) is 0. The average Bonchev–Trinajstić information content (AvgIpc) is 2.80. The van der Waals surface area contributed by atoms with Crippen LogP contribution in [0.3, 0.4) is 0 Å². The summed E-state index contributed by atoms with van der Waals surface area (Å²) in [5.74, 6) is 4.77. The summed E-state index contributed by atoms with van der Waals surface area (Å²) < 4.78 is 6.31. The summed E-state index contributed by atoms with van der Waals surface area (Å²) in [6, 6.07) is 2.64. The number of hydrogen-bond donors (Lipinski definition) is 3. The fourth-order valence-corrected chi connectivity index (χ4v) is 1.47. The molecule has 0 aliphatic heterocycles. The Morgan fingerprint density at radius 2 is 2.22 bits per heavy atom. The first-order valence-electron chi connectivity index (χ1n) is 4.99. The first-order valence-corrected chi connectivity index (χ1v) is 4.99. The second-order valence-electron chi connectivity index (χ2n) is 3.47. The number of rotatable bonds is 3. The third-order valence-corrected chi connectivity index (χ3v) is 2.33. The summed E-state index contributed by atoms with van der Waals surface area (Å²) in [5.41, 5.74) is 1.13. The van der Waals surface area contributed by atoms with Gasteiger partial charge in [0.2, 0.25) is 0 Å². The quantitative estimate of drug-likeness (QED) is 0.358. The van der Waals surface area contributed by atoms with Gasteiger partial charge in [0.05, 0.1) is 18.4 Å². The highest BCUT2D eigenvalue weighted by Crippen LogP contribution is 2.10. The molecule has 18 heavy (non-hydrogen) atoms. The zero-order chi connectivity index (χ0) is 13.1. The van der Waals surface area contributed by atoms with Crippen LogP contribution in [0.5, 0.6) is 0 Å². The summed E-state index contributed by atoms with van der Waals surface area (Å²) in [5, 5.41) is 0. The largest absolute Gasteiger partial charge is 0.467 e. The van der Waals surface area contributed by atoms with E-state index in [2.05, 4.69) is 4.98 Å².